The number of nitrogens with one attached hydrogen (secondary N) is 1. The summed E-state index contributed by atoms with van der Waals surface area (Å²) in [6.07, 6.45) is 0. The molecule has 0 fully saturated rings. The number of benzene rings is 1. The van der Waals surface area contributed by atoms with Gasteiger partial charge < -0.3 is 15.1 Å². The van der Waals surface area contributed by atoms with E-state index >= 15 is 0 Å². The molecule has 0 unspecified atom stereocenters. The summed E-state index contributed by atoms with van der Waals surface area (Å²) in [7, 11) is 5.60. The molecule has 1 heterocycles. The van der Waals surface area contributed by atoms with Crippen LogP contribution in [0, 0.1) is 0 Å². The van der Waals surface area contributed by atoms with Crippen LogP contribution in [0.15, 0.2) is 35.5 Å². The van der Waals surface area contributed by atoms with Crippen LogP contribution >= 0.6 is 0 Å². The molecule has 5 nitrogen and oxygen atoms in total. The number of amides is 2. The molecule has 0 spiro atoms. The van der Waals surface area contributed by atoms with Crippen molar-refractivity contribution >= 4 is 17.5 Å². The van der Waals surface area contributed by atoms with Gasteiger partial charge in [0.1, 0.15) is 0 Å². The highest BCUT2D eigenvalue weighted by molar-refractivity contribution is 5.98. The van der Waals surface area contributed by atoms with Crippen LogP contribution in [-0.4, -0.2) is 37.9 Å². The molecule has 1 atom stereocenters. The standard InChI is InChI=1S/C16H21N3O2/c1-10-14(11(2)20)15(17-16(21)19(10)5)12-6-8-13(9-7-12)18(3)4/h6-9,15H,1-5H3,(H,17,21)/t15-/m0/s1. The number of allylic oxidation sites excluding steroid dienone is 1. The molecule has 0 saturated heterocycles. The van der Waals surface area contributed by atoms with E-state index in [1.54, 1.807) is 14.0 Å². The summed E-state index contributed by atoms with van der Waals surface area (Å²) in [5.41, 5.74) is 3.32. The van der Waals surface area contributed by atoms with E-state index in [9.17, 15) is 9.59 Å². The number of Topliss-reactive ketones (excluding diaryl/α,β-unsaturated/α-hetero) is 1. The minimum absolute atomic E-state index is 0.0268. The molecule has 1 aromatic carbocycles. The summed E-state index contributed by atoms with van der Waals surface area (Å²) in [4.78, 5) is 27.4. The van der Waals surface area contributed by atoms with Crippen molar-refractivity contribution in [1.82, 2.24) is 10.2 Å². The van der Waals surface area contributed by atoms with Gasteiger partial charge in [0.15, 0.2) is 5.78 Å². The summed E-state index contributed by atoms with van der Waals surface area (Å²) >= 11 is 0. The van der Waals surface area contributed by atoms with Gasteiger partial charge in [0, 0.05) is 38.1 Å². The lowest BCUT2D eigenvalue weighted by molar-refractivity contribution is -0.114. The minimum Gasteiger partial charge on any atom is -0.378 e. The van der Waals surface area contributed by atoms with Crippen LogP contribution in [0.2, 0.25) is 0 Å². The third-order valence-electron chi connectivity index (χ3n) is 3.88. The van der Waals surface area contributed by atoms with Crippen LogP contribution in [0.25, 0.3) is 0 Å². The van der Waals surface area contributed by atoms with E-state index in [2.05, 4.69) is 5.32 Å². The zero-order chi connectivity index (χ0) is 15.7. The number of hydrogen-bond donors (Lipinski definition) is 1. The molecule has 0 bridgehead atoms. The molecule has 0 radical (unpaired) electrons. The lowest BCUT2D eigenvalue weighted by atomic mass is 9.92. The van der Waals surface area contributed by atoms with Crippen LogP contribution < -0.4 is 10.2 Å². The van der Waals surface area contributed by atoms with Gasteiger partial charge in [0.2, 0.25) is 0 Å². The van der Waals surface area contributed by atoms with Gasteiger partial charge in [-0.2, -0.15) is 0 Å². The van der Waals surface area contributed by atoms with Crippen LogP contribution in [0.1, 0.15) is 25.5 Å². The minimum atomic E-state index is -0.387. The number of hydrogen-bond acceptors (Lipinski definition) is 3. The van der Waals surface area contributed by atoms with Gasteiger partial charge >= 0.3 is 6.03 Å². The molecule has 0 aromatic heterocycles. The molecular weight excluding hydrogens is 266 g/mol. The molecule has 112 valence electrons. The fourth-order valence-electron chi connectivity index (χ4n) is 2.51. The molecule has 1 aliphatic heterocycles. The summed E-state index contributed by atoms with van der Waals surface area (Å²) < 4.78 is 0. The topological polar surface area (TPSA) is 52.7 Å². The number of urea groups is 1. The monoisotopic (exact) mass is 287 g/mol. The smallest absolute Gasteiger partial charge is 0.322 e. The summed E-state index contributed by atoms with van der Waals surface area (Å²) in [5.74, 6) is -0.0268. The second kappa shape index (κ2) is 5.60. The quantitative estimate of drug-likeness (QED) is 0.928. The van der Waals surface area contributed by atoms with Gasteiger partial charge in [0.05, 0.1) is 6.04 Å². The summed E-state index contributed by atoms with van der Waals surface area (Å²) in [5, 5.41) is 2.89. The molecule has 0 aliphatic carbocycles. The lowest BCUT2D eigenvalue weighted by Crippen LogP contribution is -2.45. The highest BCUT2D eigenvalue weighted by atomic mass is 16.2. The normalized spacial score (nSPS) is 18.6. The van der Waals surface area contributed by atoms with E-state index in [4.69, 9.17) is 0 Å². The third-order valence-corrected chi connectivity index (χ3v) is 3.88. The molecule has 1 aromatic rings. The van der Waals surface area contributed by atoms with Gasteiger partial charge in [-0.25, -0.2) is 4.79 Å². The zero-order valence-electron chi connectivity index (χ0n) is 13.1. The van der Waals surface area contributed by atoms with Crippen molar-refractivity contribution in [2.75, 3.05) is 26.0 Å². The fraction of sp³-hybridized carbons (Fsp3) is 0.375. The second-order valence-corrected chi connectivity index (χ2v) is 5.48. The highest BCUT2D eigenvalue weighted by Crippen LogP contribution is 2.31. The van der Waals surface area contributed by atoms with Crippen LogP contribution in [0.4, 0.5) is 10.5 Å². The molecule has 1 N–H and O–H groups in total. The van der Waals surface area contributed by atoms with E-state index in [0.717, 1.165) is 11.3 Å². The van der Waals surface area contributed by atoms with Crippen LogP contribution in [0.3, 0.4) is 0 Å². The van der Waals surface area contributed by atoms with Crippen molar-refractivity contribution in [2.24, 2.45) is 0 Å². The number of carbonyl (C=O) groups excluding carboxylic acids is 2. The number of carbonyl (C=O) groups is 2. The van der Waals surface area contributed by atoms with Crippen molar-refractivity contribution in [3.63, 3.8) is 0 Å². The van der Waals surface area contributed by atoms with E-state index in [0.29, 0.717) is 11.3 Å². The molecule has 2 rings (SSSR count). The number of anilines is 1. The Hall–Kier alpha value is -2.30. The Balaban J connectivity index is 2.45. The Morgan fingerprint density at radius 1 is 1.24 bits per heavy atom. The van der Waals surface area contributed by atoms with Gasteiger partial charge in [-0.05, 0) is 31.5 Å². The lowest BCUT2D eigenvalue weighted by Gasteiger charge is -2.33. The molecule has 21 heavy (non-hydrogen) atoms. The highest BCUT2D eigenvalue weighted by Gasteiger charge is 2.32. The molecular formula is C16H21N3O2. The largest absolute Gasteiger partial charge is 0.378 e. The molecule has 5 heteroatoms. The molecule has 2 amide bonds. The van der Waals surface area contributed by atoms with Gasteiger partial charge in [0.25, 0.3) is 0 Å². The van der Waals surface area contributed by atoms with E-state index < -0.39 is 0 Å². The van der Waals surface area contributed by atoms with Crippen molar-refractivity contribution in [2.45, 2.75) is 19.9 Å². The number of ketones is 1. The maximum atomic E-state index is 12.0. The predicted molar refractivity (Wildman–Crippen MR) is 83.2 cm³/mol. The number of nitrogens with zero attached hydrogens (tertiary/aromatic N) is 2. The maximum absolute atomic E-state index is 12.0. The summed E-state index contributed by atoms with van der Waals surface area (Å²) in [6, 6.07) is 7.27. The van der Waals surface area contributed by atoms with E-state index in [-0.39, 0.29) is 17.9 Å². The zero-order valence-corrected chi connectivity index (χ0v) is 13.1. The van der Waals surface area contributed by atoms with E-state index in [1.807, 2.05) is 43.3 Å². The van der Waals surface area contributed by atoms with Crippen molar-refractivity contribution in [3.05, 3.63) is 41.1 Å². The van der Waals surface area contributed by atoms with Crippen LogP contribution in [0.5, 0.6) is 0 Å². The maximum Gasteiger partial charge on any atom is 0.322 e. The van der Waals surface area contributed by atoms with Crippen molar-refractivity contribution in [3.8, 4) is 0 Å². The first kappa shape index (κ1) is 15.1. The summed E-state index contributed by atoms with van der Waals surface area (Å²) in [6.45, 7) is 3.34. The average molecular weight is 287 g/mol. The Morgan fingerprint density at radius 3 is 2.29 bits per heavy atom. The average Bonchev–Trinajstić information content (AvgIpc) is 2.44. The Morgan fingerprint density at radius 2 is 1.81 bits per heavy atom. The van der Waals surface area contributed by atoms with Crippen LogP contribution in [-0.2, 0) is 4.79 Å². The fourth-order valence-corrected chi connectivity index (χ4v) is 2.51. The number of rotatable bonds is 3. The molecule has 0 saturated carbocycles. The van der Waals surface area contributed by atoms with Gasteiger partial charge in [-0.3, -0.25) is 4.79 Å². The Kier molecular flexibility index (Phi) is 4.02. The van der Waals surface area contributed by atoms with Gasteiger partial charge in [-0.1, -0.05) is 12.1 Å². The first-order chi connectivity index (χ1) is 9.82. The third kappa shape index (κ3) is 2.77. The second-order valence-electron chi connectivity index (χ2n) is 5.48. The van der Waals surface area contributed by atoms with Crippen molar-refractivity contribution in [1.29, 1.82) is 0 Å². The Labute approximate surface area is 125 Å². The van der Waals surface area contributed by atoms with E-state index in [1.165, 1.54) is 11.8 Å². The van der Waals surface area contributed by atoms with Crippen molar-refractivity contribution < 1.29 is 9.59 Å². The first-order valence-corrected chi connectivity index (χ1v) is 6.86. The predicted octanol–water partition coefficient (Wildman–Crippen LogP) is 2.31. The first-order valence-electron chi connectivity index (χ1n) is 6.86. The molecule has 1 aliphatic rings. The SMILES string of the molecule is CC(=O)C1=C(C)N(C)C(=O)N[C@H]1c1ccc(N(C)C)cc1. The van der Waals surface area contributed by atoms with Gasteiger partial charge in [-0.15, -0.1) is 0 Å². The Bertz CT molecular complexity index is 602.